The third kappa shape index (κ3) is 8.76. The van der Waals surface area contributed by atoms with E-state index in [2.05, 4.69) is 30.7 Å². The summed E-state index contributed by atoms with van der Waals surface area (Å²) >= 11 is 3.58. The number of rotatable bonds is 15. The number of carbonyl (C=O) groups excluding carboxylic acids is 1. The number of esters is 1. The number of fused-ring (bicyclic) bond motifs is 1. The second-order valence-electron chi connectivity index (χ2n) is 10.2. The minimum absolute atomic E-state index is 0.103. The fourth-order valence-corrected chi connectivity index (χ4v) is 5.66. The zero-order valence-corrected chi connectivity index (χ0v) is 24.5. The molecule has 0 aliphatic rings. The van der Waals surface area contributed by atoms with E-state index in [9.17, 15) is 9.59 Å². The molecule has 7 nitrogen and oxygen atoms in total. The highest BCUT2D eigenvalue weighted by atomic mass is 32.2. The van der Waals surface area contributed by atoms with Gasteiger partial charge in [0.2, 0.25) is 5.88 Å². The van der Waals surface area contributed by atoms with E-state index in [0.29, 0.717) is 41.7 Å². The van der Waals surface area contributed by atoms with E-state index in [1.807, 2.05) is 19.9 Å². The van der Waals surface area contributed by atoms with Crippen LogP contribution in [0.5, 0.6) is 5.88 Å². The van der Waals surface area contributed by atoms with Crippen LogP contribution in [-0.4, -0.2) is 52.2 Å². The number of hydrogen-bond donors (Lipinski definition) is 0. The van der Waals surface area contributed by atoms with Gasteiger partial charge in [0.05, 0.1) is 17.6 Å². The molecule has 0 amide bonds. The topological polar surface area (TPSA) is 91.5 Å². The summed E-state index contributed by atoms with van der Waals surface area (Å²) in [6.45, 7) is 11.4. The van der Waals surface area contributed by atoms with Crippen molar-refractivity contribution in [1.82, 2.24) is 9.97 Å². The van der Waals surface area contributed by atoms with E-state index in [1.54, 1.807) is 60.3 Å². The first-order valence-electron chi connectivity index (χ1n) is 13.0. The van der Waals surface area contributed by atoms with Gasteiger partial charge in [-0.05, 0) is 44.2 Å². The molecule has 3 heterocycles. The van der Waals surface area contributed by atoms with E-state index < -0.39 is 11.0 Å². The van der Waals surface area contributed by atoms with Gasteiger partial charge < -0.3 is 13.9 Å². The molecule has 3 rings (SSSR count). The smallest absolute Gasteiger partial charge is 0.344 e. The Morgan fingerprint density at radius 1 is 1.05 bits per heavy atom. The zero-order chi connectivity index (χ0) is 27.5. The quantitative estimate of drug-likeness (QED) is 0.156. The molecule has 3 aromatic rings. The number of pyridine rings is 2. The molecule has 0 bridgehead atoms. The van der Waals surface area contributed by atoms with Gasteiger partial charge in [-0.1, -0.05) is 26.8 Å². The van der Waals surface area contributed by atoms with E-state index in [4.69, 9.17) is 13.9 Å². The molecule has 0 saturated heterocycles. The summed E-state index contributed by atoms with van der Waals surface area (Å²) in [5.74, 6) is 4.76. The van der Waals surface area contributed by atoms with Gasteiger partial charge in [-0.25, -0.2) is 9.78 Å². The fraction of sp³-hybridized carbons (Fsp3) is 0.517. The highest BCUT2D eigenvalue weighted by Gasteiger charge is 2.35. The maximum absolute atomic E-state index is 12.5. The van der Waals surface area contributed by atoms with Crippen LogP contribution in [0.2, 0.25) is 0 Å². The van der Waals surface area contributed by atoms with Crippen molar-refractivity contribution in [2.45, 2.75) is 41.0 Å². The number of aromatic nitrogens is 2. The van der Waals surface area contributed by atoms with Crippen LogP contribution < -0.4 is 10.4 Å². The largest absolute Gasteiger partial charge is 0.477 e. The van der Waals surface area contributed by atoms with Crippen LogP contribution in [0.4, 0.5) is 0 Å². The molecule has 3 aromatic heterocycles. The molecule has 0 N–H and O–H groups in total. The Bertz CT molecular complexity index is 1230. The average Bonchev–Trinajstić information content (AvgIpc) is 2.89. The van der Waals surface area contributed by atoms with Crippen molar-refractivity contribution in [2.75, 3.05) is 36.2 Å². The van der Waals surface area contributed by atoms with Crippen LogP contribution in [0.3, 0.4) is 0 Å². The lowest BCUT2D eigenvalue weighted by Gasteiger charge is -2.30. The van der Waals surface area contributed by atoms with Crippen LogP contribution in [0, 0.1) is 17.3 Å². The van der Waals surface area contributed by atoms with Gasteiger partial charge in [0.25, 0.3) is 0 Å². The number of nitrogens with zero attached hydrogens (tertiary/aromatic N) is 2. The second-order valence-corrected chi connectivity index (χ2v) is 12.7. The first-order valence-corrected chi connectivity index (χ1v) is 15.3. The Labute approximate surface area is 233 Å². The second kappa shape index (κ2) is 14.6. The predicted molar refractivity (Wildman–Crippen MR) is 157 cm³/mol. The van der Waals surface area contributed by atoms with Gasteiger partial charge in [0.15, 0.2) is 0 Å². The SMILES string of the molecule is CC(C)CC(C)C(C)(C)C(=O)OCCSCCSCCOc1cc2oc(=O)c(-c3cccnc3)cc2cn1. The molecule has 0 radical (unpaired) electrons. The number of ether oxygens (including phenoxy) is 2. The lowest BCUT2D eigenvalue weighted by Crippen LogP contribution is -2.34. The van der Waals surface area contributed by atoms with E-state index in [1.165, 1.54) is 0 Å². The molecule has 1 atom stereocenters. The number of carbonyl (C=O) groups is 1. The van der Waals surface area contributed by atoms with Gasteiger partial charge in [-0.3, -0.25) is 9.78 Å². The van der Waals surface area contributed by atoms with Crippen molar-refractivity contribution in [2.24, 2.45) is 17.3 Å². The maximum atomic E-state index is 12.5. The van der Waals surface area contributed by atoms with Crippen LogP contribution >= 0.6 is 23.5 Å². The Morgan fingerprint density at radius 3 is 2.47 bits per heavy atom. The number of hydrogen-bond acceptors (Lipinski definition) is 9. The van der Waals surface area contributed by atoms with Gasteiger partial charge in [0.1, 0.15) is 12.2 Å². The lowest BCUT2D eigenvalue weighted by molar-refractivity contribution is -0.156. The average molecular weight is 559 g/mol. The van der Waals surface area contributed by atoms with Crippen LogP contribution in [0.25, 0.3) is 22.1 Å². The molecule has 206 valence electrons. The lowest BCUT2D eigenvalue weighted by atomic mass is 9.76. The van der Waals surface area contributed by atoms with E-state index >= 15 is 0 Å². The highest BCUT2D eigenvalue weighted by molar-refractivity contribution is 8.02. The molecule has 9 heteroatoms. The Kier molecular flexibility index (Phi) is 11.5. The van der Waals surface area contributed by atoms with Crippen molar-refractivity contribution < 1.29 is 18.7 Å². The first-order chi connectivity index (χ1) is 18.2. The van der Waals surface area contributed by atoms with Gasteiger partial charge >= 0.3 is 11.6 Å². The van der Waals surface area contributed by atoms with Crippen LogP contribution in [0.1, 0.15) is 41.0 Å². The van der Waals surface area contributed by atoms with E-state index in [-0.39, 0.29) is 11.9 Å². The summed E-state index contributed by atoms with van der Waals surface area (Å²) in [5.41, 5.74) is 0.716. The minimum Gasteiger partial charge on any atom is -0.477 e. The molecule has 0 aromatic carbocycles. The van der Waals surface area contributed by atoms with Crippen LogP contribution in [0.15, 0.2) is 52.1 Å². The summed E-state index contributed by atoms with van der Waals surface area (Å²) in [6, 6.07) is 7.01. The third-order valence-electron chi connectivity index (χ3n) is 6.46. The van der Waals surface area contributed by atoms with E-state index in [0.717, 1.165) is 34.8 Å². The van der Waals surface area contributed by atoms with Crippen molar-refractivity contribution in [1.29, 1.82) is 0 Å². The Morgan fingerprint density at radius 2 is 1.79 bits per heavy atom. The Balaban J connectivity index is 1.31. The maximum Gasteiger partial charge on any atom is 0.344 e. The van der Waals surface area contributed by atoms with Crippen molar-refractivity contribution >= 4 is 40.5 Å². The summed E-state index contributed by atoms with van der Waals surface area (Å²) in [5, 5.41) is 0.724. The molecule has 0 saturated carbocycles. The van der Waals surface area contributed by atoms with Gasteiger partial charge in [-0.15, -0.1) is 0 Å². The fourth-order valence-electron chi connectivity index (χ4n) is 3.91. The van der Waals surface area contributed by atoms with Crippen LogP contribution in [-0.2, 0) is 9.53 Å². The summed E-state index contributed by atoms with van der Waals surface area (Å²) in [6.07, 6.45) is 5.95. The van der Waals surface area contributed by atoms with Gasteiger partial charge in [-0.2, -0.15) is 23.5 Å². The summed E-state index contributed by atoms with van der Waals surface area (Å²) in [4.78, 5) is 33.3. The molecule has 38 heavy (non-hydrogen) atoms. The van der Waals surface area contributed by atoms with Gasteiger partial charge in [0, 0.05) is 58.6 Å². The van der Waals surface area contributed by atoms with Crippen molar-refractivity contribution in [3.05, 3.63) is 53.3 Å². The van der Waals surface area contributed by atoms with Crippen molar-refractivity contribution in [3.8, 4) is 17.0 Å². The van der Waals surface area contributed by atoms with Crippen molar-refractivity contribution in [3.63, 3.8) is 0 Å². The first kappa shape index (κ1) is 30.0. The molecular weight excluding hydrogens is 520 g/mol. The number of thioether (sulfide) groups is 2. The standard InChI is InChI=1S/C29H38N2O5S2/c1-20(2)15-21(3)29(4,5)28(33)35-10-12-38-14-13-37-11-9-34-26-17-25-23(19-31-26)16-24(27(32)36-25)22-7-6-8-30-18-22/h6-8,16-21H,9-15H2,1-5H3. The minimum atomic E-state index is -0.459. The summed E-state index contributed by atoms with van der Waals surface area (Å²) < 4.78 is 16.8. The highest BCUT2D eigenvalue weighted by Crippen LogP contribution is 2.33. The normalized spacial score (nSPS) is 12.6. The summed E-state index contributed by atoms with van der Waals surface area (Å²) in [7, 11) is 0. The molecule has 0 spiro atoms. The third-order valence-corrected chi connectivity index (χ3v) is 8.61. The molecule has 1 unspecified atom stereocenters. The predicted octanol–water partition coefficient (Wildman–Crippen LogP) is 6.35. The zero-order valence-electron chi connectivity index (χ0n) is 22.9. The molecule has 0 aliphatic carbocycles. The molecule has 0 aliphatic heterocycles. The molecule has 0 fully saturated rings. The Hall–Kier alpha value is -2.52. The monoisotopic (exact) mass is 558 g/mol. The molecular formula is C29H38N2O5S2.